The van der Waals surface area contributed by atoms with Crippen LogP contribution in [0.3, 0.4) is 0 Å². The first kappa shape index (κ1) is 15.3. The van der Waals surface area contributed by atoms with E-state index in [1.165, 1.54) is 24.8 Å². The molecule has 0 heterocycles. The number of hydrogen-bond acceptors (Lipinski definition) is 1. The minimum absolute atomic E-state index is 0.0614. The lowest BCUT2D eigenvalue weighted by Gasteiger charge is -2.07. The quantitative estimate of drug-likeness (QED) is 0.743. The van der Waals surface area contributed by atoms with Crippen LogP contribution in [-0.2, 0) is 6.42 Å². The Morgan fingerprint density at radius 2 is 1.62 bits per heavy atom. The third-order valence-corrected chi connectivity index (χ3v) is 3.59. The van der Waals surface area contributed by atoms with Gasteiger partial charge >= 0.3 is 0 Å². The van der Waals surface area contributed by atoms with Crippen LogP contribution in [-0.4, -0.2) is 5.91 Å². The minimum Gasteiger partial charge on any atom is -0.322 e. The summed E-state index contributed by atoms with van der Waals surface area (Å²) in [6.07, 6.45) is 4.85. The number of benzene rings is 2. The number of unbranched alkanes of at least 4 members (excludes halogenated alkanes) is 2. The highest BCUT2D eigenvalue weighted by molar-refractivity contribution is 6.04. The second kappa shape index (κ2) is 7.63. The fourth-order valence-corrected chi connectivity index (χ4v) is 2.24. The summed E-state index contributed by atoms with van der Waals surface area (Å²) in [5.41, 5.74) is 4.02. The van der Waals surface area contributed by atoms with E-state index in [4.69, 9.17) is 0 Å². The third kappa shape index (κ3) is 4.75. The summed E-state index contributed by atoms with van der Waals surface area (Å²) in [6.45, 7) is 4.22. The molecule has 2 aromatic carbocycles. The zero-order valence-electron chi connectivity index (χ0n) is 12.9. The number of nitrogens with one attached hydrogen (secondary N) is 1. The zero-order chi connectivity index (χ0) is 15.1. The molecule has 0 aliphatic rings. The van der Waals surface area contributed by atoms with Gasteiger partial charge in [0.25, 0.3) is 5.91 Å². The summed E-state index contributed by atoms with van der Waals surface area (Å²) in [7, 11) is 0. The van der Waals surface area contributed by atoms with Crippen molar-refractivity contribution >= 4 is 11.6 Å². The molecule has 0 radical (unpaired) electrons. The van der Waals surface area contributed by atoms with Gasteiger partial charge in [-0.25, -0.2) is 0 Å². The molecule has 2 heteroatoms. The zero-order valence-corrected chi connectivity index (χ0v) is 12.9. The Labute approximate surface area is 127 Å². The predicted molar refractivity (Wildman–Crippen MR) is 88.8 cm³/mol. The highest BCUT2D eigenvalue weighted by Gasteiger charge is 2.05. The Balaban J connectivity index is 1.93. The molecule has 0 bridgehead atoms. The van der Waals surface area contributed by atoms with Crippen LogP contribution >= 0.6 is 0 Å². The summed E-state index contributed by atoms with van der Waals surface area (Å²) in [4.78, 5) is 12.1. The van der Waals surface area contributed by atoms with E-state index in [1.807, 2.05) is 43.3 Å². The lowest BCUT2D eigenvalue weighted by molar-refractivity contribution is 0.102. The van der Waals surface area contributed by atoms with Crippen molar-refractivity contribution in [1.82, 2.24) is 0 Å². The highest BCUT2D eigenvalue weighted by atomic mass is 16.1. The number of amides is 1. The van der Waals surface area contributed by atoms with Gasteiger partial charge < -0.3 is 5.32 Å². The Morgan fingerprint density at radius 1 is 0.952 bits per heavy atom. The monoisotopic (exact) mass is 281 g/mol. The highest BCUT2D eigenvalue weighted by Crippen LogP contribution is 2.14. The van der Waals surface area contributed by atoms with E-state index >= 15 is 0 Å². The molecule has 110 valence electrons. The molecular weight excluding hydrogens is 258 g/mol. The van der Waals surface area contributed by atoms with E-state index in [0.717, 1.165) is 17.7 Å². The van der Waals surface area contributed by atoms with Crippen LogP contribution in [0.1, 0.15) is 47.7 Å². The maximum atomic E-state index is 12.1. The maximum Gasteiger partial charge on any atom is 0.255 e. The van der Waals surface area contributed by atoms with Crippen molar-refractivity contribution < 1.29 is 4.79 Å². The van der Waals surface area contributed by atoms with Crippen LogP contribution in [0.2, 0.25) is 0 Å². The molecule has 2 rings (SSSR count). The van der Waals surface area contributed by atoms with Gasteiger partial charge in [0.15, 0.2) is 0 Å². The number of carbonyl (C=O) groups excluding carboxylic acids is 1. The van der Waals surface area contributed by atoms with Gasteiger partial charge in [-0.3, -0.25) is 4.79 Å². The lowest BCUT2D eigenvalue weighted by atomic mass is 10.1. The maximum absolute atomic E-state index is 12.1. The van der Waals surface area contributed by atoms with Gasteiger partial charge in [0.1, 0.15) is 0 Å². The Kier molecular flexibility index (Phi) is 5.56. The van der Waals surface area contributed by atoms with Crippen molar-refractivity contribution in [1.29, 1.82) is 0 Å². The molecule has 2 nitrogen and oxygen atoms in total. The SMILES string of the molecule is CCCCCc1ccc(NC(=O)c2ccc(C)cc2)cc1. The molecule has 0 aliphatic carbocycles. The van der Waals surface area contributed by atoms with E-state index in [2.05, 4.69) is 24.4 Å². The largest absolute Gasteiger partial charge is 0.322 e. The molecule has 21 heavy (non-hydrogen) atoms. The van der Waals surface area contributed by atoms with Crippen LogP contribution in [0.15, 0.2) is 48.5 Å². The molecule has 0 atom stereocenters. The summed E-state index contributed by atoms with van der Waals surface area (Å²) in [5.74, 6) is -0.0614. The van der Waals surface area contributed by atoms with Gasteiger partial charge in [0, 0.05) is 11.3 Å². The van der Waals surface area contributed by atoms with Crippen molar-refractivity contribution in [3.8, 4) is 0 Å². The van der Waals surface area contributed by atoms with E-state index in [-0.39, 0.29) is 5.91 Å². The van der Waals surface area contributed by atoms with E-state index in [0.29, 0.717) is 5.56 Å². The number of carbonyl (C=O) groups is 1. The molecular formula is C19H23NO. The third-order valence-electron chi connectivity index (χ3n) is 3.59. The van der Waals surface area contributed by atoms with Gasteiger partial charge in [0.05, 0.1) is 0 Å². The Morgan fingerprint density at radius 3 is 2.24 bits per heavy atom. The van der Waals surface area contributed by atoms with Crippen LogP contribution in [0.4, 0.5) is 5.69 Å². The fourth-order valence-electron chi connectivity index (χ4n) is 2.24. The summed E-state index contributed by atoms with van der Waals surface area (Å²) < 4.78 is 0. The molecule has 0 spiro atoms. The van der Waals surface area contributed by atoms with Gasteiger partial charge in [-0.1, -0.05) is 49.6 Å². The van der Waals surface area contributed by atoms with E-state index in [1.54, 1.807) is 0 Å². The lowest BCUT2D eigenvalue weighted by Crippen LogP contribution is -2.11. The first-order chi connectivity index (χ1) is 10.2. The molecule has 0 saturated heterocycles. The first-order valence-corrected chi connectivity index (χ1v) is 7.66. The van der Waals surface area contributed by atoms with Gasteiger partial charge in [-0.15, -0.1) is 0 Å². The average molecular weight is 281 g/mol. The summed E-state index contributed by atoms with van der Waals surface area (Å²) >= 11 is 0. The predicted octanol–water partition coefficient (Wildman–Crippen LogP) is 4.98. The molecule has 0 fully saturated rings. The summed E-state index contributed by atoms with van der Waals surface area (Å²) in [5, 5.41) is 2.93. The molecule has 0 aliphatic heterocycles. The number of anilines is 1. The van der Waals surface area contributed by atoms with Crippen LogP contribution in [0, 0.1) is 6.92 Å². The molecule has 0 aromatic heterocycles. The second-order valence-electron chi connectivity index (χ2n) is 5.47. The molecule has 1 N–H and O–H groups in total. The topological polar surface area (TPSA) is 29.1 Å². The van der Waals surface area contributed by atoms with Gasteiger partial charge in [-0.05, 0) is 49.6 Å². The van der Waals surface area contributed by atoms with Crippen molar-refractivity contribution in [2.45, 2.75) is 39.5 Å². The van der Waals surface area contributed by atoms with Crippen molar-refractivity contribution in [3.63, 3.8) is 0 Å². The number of hydrogen-bond donors (Lipinski definition) is 1. The molecule has 1 amide bonds. The molecule has 0 unspecified atom stereocenters. The minimum atomic E-state index is -0.0614. The second-order valence-corrected chi connectivity index (χ2v) is 5.47. The van der Waals surface area contributed by atoms with Crippen LogP contribution in [0.25, 0.3) is 0 Å². The van der Waals surface area contributed by atoms with Gasteiger partial charge in [0.2, 0.25) is 0 Å². The number of rotatable bonds is 6. The standard InChI is InChI=1S/C19H23NO/c1-3-4-5-6-16-9-13-18(14-10-16)20-19(21)17-11-7-15(2)8-12-17/h7-14H,3-6H2,1-2H3,(H,20,21). The fraction of sp³-hybridized carbons (Fsp3) is 0.316. The van der Waals surface area contributed by atoms with E-state index in [9.17, 15) is 4.79 Å². The number of aryl methyl sites for hydroxylation is 2. The Bertz CT molecular complexity index is 570. The molecule has 2 aromatic rings. The van der Waals surface area contributed by atoms with Crippen LogP contribution < -0.4 is 5.32 Å². The average Bonchev–Trinajstić information content (AvgIpc) is 2.50. The first-order valence-electron chi connectivity index (χ1n) is 7.66. The van der Waals surface area contributed by atoms with Crippen molar-refractivity contribution in [2.75, 3.05) is 5.32 Å². The normalized spacial score (nSPS) is 10.4. The molecule has 0 saturated carbocycles. The van der Waals surface area contributed by atoms with Gasteiger partial charge in [-0.2, -0.15) is 0 Å². The van der Waals surface area contributed by atoms with Crippen molar-refractivity contribution in [2.24, 2.45) is 0 Å². The van der Waals surface area contributed by atoms with Crippen molar-refractivity contribution in [3.05, 3.63) is 65.2 Å². The van der Waals surface area contributed by atoms with E-state index < -0.39 is 0 Å². The van der Waals surface area contributed by atoms with Crippen LogP contribution in [0.5, 0.6) is 0 Å². The Hall–Kier alpha value is -2.09. The summed E-state index contributed by atoms with van der Waals surface area (Å²) in [6, 6.07) is 15.8. The smallest absolute Gasteiger partial charge is 0.255 e.